The molecule has 1 rings (SSSR count). The summed E-state index contributed by atoms with van der Waals surface area (Å²) in [5, 5.41) is 23.5. The Morgan fingerprint density at radius 3 is 2.67 bits per heavy atom. The first-order valence-electron chi connectivity index (χ1n) is 6.78. The first-order chi connectivity index (χ1) is 9.86. The van der Waals surface area contributed by atoms with Crippen molar-refractivity contribution in [2.24, 2.45) is 0 Å². The smallest absolute Gasteiger partial charge is 0.293 e. The first-order valence-corrected chi connectivity index (χ1v) is 6.78. The summed E-state index contributed by atoms with van der Waals surface area (Å²) in [6.45, 7) is 2.30. The minimum atomic E-state index is -0.523. The van der Waals surface area contributed by atoms with Gasteiger partial charge in [0.1, 0.15) is 5.69 Å². The fraction of sp³-hybridized carbons (Fsp3) is 0.500. The fourth-order valence-electron chi connectivity index (χ4n) is 1.80. The minimum Gasteiger partial charge on any atom is -0.393 e. The molecule has 116 valence electrons. The van der Waals surface area contributed by atoms with E-state index in [2.05, 4.69) is 5.32 Å². The van der Waals surface area contributed by atoms with Gasteiger partial charge < -0.3 is 15.3 Å². The second kappa shape index (κ2) is 7.58. The molecule has 1 unspecified atom stereocenters. The highest BCUT2D eigenvalue weighted by molar-refractivity contribution is 5.95. The summed E-state index contributed by atoms with van der Waals surface area (Å²) in [6, 6.07) is 4.34. The highest BCUT2D eigenvalue weighted by Gasteiger charge is 2.18. The molecule has 0 fully saturated rings. The summed E-state index contributed by atoms with van der Waals surface area (Å²) in [4.78, 5) is 23.8. The fourth-order valence-corrected chi connectivity index (χ4v) is 1.80. The molecule has 0 aliphatic heterocycles. The lowest BCUT2D eigenvalue weighted by Gasteiger charge is -2.13. The molecule has 1 aromatic rings. The van der Waals surface area contributed by atoms with Gasteiger partial charge in [-0.25, -0.2) is 0 Å². The average molecular weight is 295 g/mol. The van der Waals surface area contributed by atoms with E-state index in [1.807, 2.05) is 6.92 Å². The van der Waals surface area contributed by atoms with Crippen LogP contribution in [0.2, 0.25) is 0 Å². The molecule has 0 heterocycles. The van der Waals surface area contributed by atoms with Crippen LogP contribution in [-0.4, -0.2) is 47.6 Å². The van der Waals surface area contributed by atoms with Crippen molar-refractivity contribution in [1.29, 1.82) is 0 Å². The number of nitro benzene ring substituents is 1. The van der Waals surface area contributed by atoms with Crippen LogP contribution in [0.3, 0.4) is 0 Å². The van der Waals surface area contributed by atoms with Gasteiger partial charge in [-0.2, -0.15) is 0 Å². The van der Waals surface area contributed by atoms with E-state index >= 15 is 0 Å². The third kappa shape index (κ3) is 4.71. The molecule has 0 bridgehead atoms. The number of amides is 1. The van der Waals surface area contributed by atoms with Crippen molar-refractivity contribution in [1.82, 2.24) is 4.90 Å². The van der Waals surface area contributed by atoms with Crippen LogP contribution in [0.4, 0.5) is 11.4 Å². The van der Waals surface area contributed by atoms with Crippen LogP contribution in [0.5, 0.6) is 0 Å². The summed E-state index contributed by atoms with van der Waals surface area (Å²) in [5.74, 6) is -0.286. The molecule has 0 aliphatic rings. The molecule has 1 amide bonds. The largest absolute Gasteiger partial charge is 0.393 e. The second-order valence-electron chi connectivity index (χ2n) is 4.97. The highest BCUT2D eigenvalue weighted by atomic mass is 16.6. The molecule has 2 N–H and O–H groups in total. The molecule has 0 spiro atoms. The maximum Gasteiger partial charge on any atom is 0.293 e. The van der Waals surface area contributed by atoms with Gasteiger partial charge in [0.2, 0.25) is 0 Å². The van der Waals surface area contributed by atoms with Gasteiger partial charge in [0.15, 0.2) is 0 Å². The summed E-state index contributed by atoms with van der Waals surface area (Å²) in [7, 11) is 3.18. The van der Waals surface area contributed by atoms with E-state index in [4.69, 9.17) is 0 Å². The van der Waals surface area contributed by atoms with E-state index in [1.165, 1.54) is 17.0 Å². The lowest BCUT2D eigenvalue weighted by atomic mass is 10.1. The van der Waals surface area contributed by atoms with Crippen molar-refractivity contribution in [3.05, 3.63) is 33.9 Å². The predicted octanol–water partition coefficient (Wildman–Crippen LogP) is 1.87. The minimum absolute atomic E-state index is 0.145. The standard InChI is InChI=1S/C14H21N3O4/c1-4-11(18)7-8-15-12-6-5-10(14(19)16(2)3)9-13(12)17(20)21/h5-6,9,11,15,18H,4,7-8H2,1-3H3. The van der Waals surface area contributed by atoms with E-state index in [1.54, 1.807) is 20.2 Å². The van der Waals surface area contributed by atoms with Gasteiger partial charge >= 0.3 is 0 Å². The Labute approximate surface area is 123 Å². The molecule has 0 aromatic heterocycles. The van der Waals surface area contributed by atoms with Gasteiger partial charge in [-0.1, -0.05) is 6.92 Å². The number of aliphatic hydroxyl groups is 1. The highest BCUT2D eigenvalue weighted by Crippen LogP contribution is 2.26. The Morgan fingerprint density at radius 1 is 1.48 bits per heavy atom. The molecular weight excluding hydrogens is 274 g/mol. The Bertz CT molecular complexity index is 517. The zero-order valence-electron chi connectivity index (χ0n) is 12.5. The number of nitrogens with zero attached hydrogens (tertiary/aromatic N) is 2. The van der Waals surface area contributed by atoms with Gasteiger partial charge in [-0.3, -0.25) is 14.9 Å². The van der Waals surface area contributed by atoms with Crippen molar-refractivity contribution in [3.63, 3.8) is 0 Å². The lowest BCUT2D eigenvalue weighted by Crippen LogP contribution is -2.21. The monoisotopic (exact) mass is 295 g/mol. The van der Waals surface area contributed by atoms with Crippen LogP contribution in [0.15, 0.2) is 18.2 Å². The molecule has 0 radical (unpaired) electrons. The maximum absolute atomic E-state index is 11.8. The van der Waals surface area contributed by atoms with Crippen LogP contribution in [0.25, 0.3) is 0 Å². The number of aliphatic hydroxyl groups excluding tert-OH is 1. The van der Waals surface area contributed by atoms with E-state index in [9.17, 15) is 20.0 Å². The summed E-state index contributed by atoms with van der Waals surface area (Å²) in [6.07, 6.45) is 0.720. The third-order valence-corrected chi connectivity index (χ3v) is 3.11. The van der Waals surface area contributed by atoms with E-state index in [-0.39, 0.29) is 17.2 Å². The van der Waals surface area contributed by atoms with Crippen molar-refractivity contribution in [2.45, 2.75) is 25.9 Å². The Morgan fingerprint density at radius 2 is 2.14 bits per heavy atom. The van der Waals surface area contributed by atoms with Gasteiger partial charge in [-0.15, -0.1) is 0 Å². The van der Waals surface area contributed by atoms with E-state index in [0.29, 0.717) is 25.1 Å². The number of rotatable bonds is 7. The predicted molar refractivity (Wildman–Crippen MR) is 80.5 cm³/mol. The number of benzene rings is 1. The summed E-state index contributed by atoms with van der Waals surface area (Å²) >= 11 is 0. The van der Waals surface area contributed by atoms with Crippen molar-refractivity contribution in [3.8, 4) is 0 Å². The van der Waals surface area contributed by atoms with Crippen LogP contribution >= 0.6 is 0 Å². The Hall–Kier alpha value is -2.15. The van der Waals surface area contributed by atoms with Crippen molar-refractivity contribution in [2.75, 3.05) is 26.0 Å². The number of nitro groups is 1. The molecular formula is C14H21N3O4. The topological polar surface area (TPSA) is 95.7 Å². The molecule has 0 aliphatic carbocycles. The van der Waals surface area contributed by atoms with Crippen LogP contribution in [-0.2, 0) is 0 Å². The summed E-state index contributed by atoms with van der Waals surface area (Å²) < 4.78 is 0. The van der Waals surface area contributed by atoms with Gasteiger partial charge in [0.25, 0.3) is 11.6 Å². The number of anilines is 1. The zero-order valence-corrected chi connectivity index (χ0v) is 12.5. The molecule has 1 aromatic carbocycles. The molecule has 7 heteroatoms. The molecule has 21 heavy (non-hydrogen) atoms. The van der Waals surface area contributed by atoms with E-state index < -0.39 is 11.0 Å². The lowest BCUT2D eigenvalue weighted by molar-refractivity contribution is -0.384. The van der Waals surface area contributed by atoms with Crippen LogP contribution in [0.1, 0.15) is 30.1 Å². The molecule has 0 saturated carbocycles. The third-order valence-electron chi connectivity index (χ3n) is 3.11. The second-order valence-corrected chi connectivity index (χ2v) is 4.97. The maximum atomic E-state index is 11.8. The van der Waals surface area contributed by atoms with Gasteiger partial charge in [0, 0.05) is 32.3 Å². The Kier molecular flexibility index (Phi) is 6.10. The Balaban J connectivity index is 2.90. The van der Waals surface area contributed by atoms with Gasteiger partial charge in [0.05, 0.1) is 11.0 Å². The van der Waals surface area contributed by atoms with Crippen LogP contribution < -0.4 is 5.32 Å². The SMILES string of the molecule is CCC(O)CCNc1ccc(C(=O)N(C)C)cc1[N+](=O)[O-]. The number of carbonyl (C=O) groups excluding carboxylic acids is 1. The molecule has 7 nitrogen and oxygen atoms in total. The van der Waals surface area contributed by atoms with Crippen molar-refractivity contribution >= 4 is 17.3 Å². The van der Waals surface area contributed by atoms with Crippen molar-refractivity contribution < 1.29 is 14.8 Å². The van der Waals surface area contributed by atoms with Gasteiger partial charge in [-0.05, 0) is 25.0 Å². The zero-order chi connectivity index (χ0) is 16.0. The summed E-state index contributed by atoms with van der Waals surface area (Å²) in [5.41, 5.74) is 0.471. The number of carbonyl (C=O) groups is 1. The molecule has 1 atom stereocenters. The first kappa shape index (κ1) is 16.9. The van der Waals surface area contributed by atoms with E-state index in [0.717, 1.165) is 0 Å². The number of hydrogen-bond acceptors (Lipinski definition) is 5. The average Bonchev–Trinajstić information content (AvgIpc) is 2.46. The normalized spacial score (nSPS) is 11.8. The number of nitrogens with one attached hydrogen (secondary N) is 1. The quantitative estimate of drug-likeness (QED) is 0.591. The molecule has 0 saturated heterocycles. The van der Waals surface area contributed by atoms with Crippen LogP contribution in [0, 0.1) is 10.1 Å². The number of hydrogen-bond donors (Lipinski definition) is 2.